The SMILES string of the molecule is ClC1CNCS1. The van der Waals surface area contributed by atoms with Crippen LogP contribution in [0.2, 0.25) is 0 Å². The lowest BCUT2D eigenvalue weighted by Crippen LogP contribution is -2.07. The summed E-state index contributed by atoms with van der Waals surface area (Å²) in [5.41, 5.74) is 0. The molecule has 1 aliphatic rings. The fraction of sp³-hybridized carbons (Fsp3) is 1.00. The maximum Gasteiger partial charge on any atom is 0.0925 e. The average molecular weight is 124 g/mol. The van der Waals surface area contributed by atoms with E-state index in [2.05, 4.69) is 5.32 Å². The number of halogens is 1. The normalized spacial score (nSPS) is 34.5. The van der Waals surface area contributed by atoms with Crippen LogP contribution in [-0.2, 0) is 0 Å². The van der Waals surface area contributed by atoms with Crippen molar-refractivity contribution in [2.45, 2.75) is 4.71 Å². The molecule has 1 saturated heterocycles. The van der Waals surface area contributed by atoms with Gasteiger partial charge in [0, 0.05) is 12.4 Å². The van der Waals surface area contributed by atoms with Gasteiger partial charge in [-0.3, -0.25) is 0 Å². The first-order valence-electron chi connectivity index (χ1n) is 1.86. The van der Waals surface area contributed by atoms with Crippen LogP contribution >= 0.6 is 23.4 Å². The van der Waals surface area contributed by atoms with Crippen LogP contribution in [-0.4, -0.2) is 17.1 Å². The Hall–Kier alpha value is 0.600. The highest BCUT2D eigenvalue weighted by Crippen LogP contribution is 2.17. The van der Waals surface area contributed by atoms with Gasteiger partial charge >= 0.3 is 0 Å². The van der Waals surface area contributed by atoms with Gasteiger partial charge in [-0.2, -0.15) is 0 Å². The molecule has 1 rings (SSSR count). The monoisotopic (exact) mass is 123 g/mol. The van der Waals surface area contributed by atoms with Gasteiger partial charge < -0.3 is 5.32 Å². The van der Waals surface area contributed by atoms with Crippen LogP contribution in [0, 0.1) is 0 Å². The Labute approximate surface area is 46.4 Å². The molecular weight excluding hydrogens is 118 g/mol. The van der Waals surface area contributed by atoms with E-state index in [-0.39, 0.29) is 0 Å². The molecule has 1 heterocycles. The number of thioether (sulfide) groups is 1. The number of alkyl halides is 1. The highest BCUT2D eigenvalue weighted by atomic mass is 35.5. The minimum Gasteiger partial charge on any atom is -0.306 e. The lowest BCUT2D eigenvalue weighted by Gasteiger charge is -1.86. The van der Waals surface area contributed by atoms with Crippen LogP contribution in [0.15, 0.2) is 0 Å². The second-order valence-corrected chi connectivity index (χ2v) is 3.15. The van der Waals surface area contributed by atoms with E-state index in [9.17, 15) is 0 Å². The maximum atomic E-state index is 5.61. The highest BCUT2D eigenvalue weighted by Gasteiger charge is 2.09. The molecule has 0 radical (unpaired) electrons. The Morgan fingerprint density at radius 3 is 2.83 bits per heavy atom. The summed E-state index contributed by atoms with van der Waals surface area (Å²) in [6.07, 6.45) is 0. The van der Waals surface area contributed by atoms with Crippen LogP contribution in [0.4, 0.5) is 0 Å². The zero-order valence-corrected chi connectivity index (χ0v) is 4.85. The first kappa shape index (κ1) is 4.75. The summed E-state index contributed by atoms with van der Waals surface area (Å²) in [7, 11) is 0. The van der Waals surface area contributed by atoms with Crippen LogP contribution in [0.1, 0.15) is 0 Å². The Bertz CT molecular complexity index is 44.1. The van der Waals surface area contributed by atoms with Crippen molar-refractivity contribution < 1.29 is 0 Å². The second-order valence-electron chi connectivity index (χ2n) is 1.18. The molecule has 3 heteroatoms. The molecule has 6 heavy (non-hydrogen) atoms. The van der Waals surface area contributed by atoms with Crippen LogP contribution < -0.4 is 5.32 Å². The fourth-order valence-electron chi connectivity index (χ4n) is 0.381. The summed E-state index contributed by atoms with van der Waals surface area (Å²) in [6, 6.07) is 0. The van der Waals surface area contributed by atoms with E-state index in [0.717, 1.165) is 12.4 Å². The van der Waals surface area contributed by atoms with E-state index in [1.807, 2.05) is 0 Å². The van der Waals surface area contributed by atoms with E-state index in [1.165, 1.54) is 0 Å². The van der Waals surface area contributed by atoms with Gasteiger partial charge in [0.25, 0.3) is 0 Å². The predicted octanol–water partition coefficient (Wildman–Crippen LogP) is 0.845. The van der Waals surface area contributed by atoms with E-state index in [0.29, 0.717) is 4.71 Å². The third kappa shape index (κ3) is 1.03. The zero-order chi connectivity index (χ0) is 4.41. The predicted molar refractivity (Wildman–Crippen MR) is 30.1 cm³/mol. The summed E-state index contributed by atoms with van der Waals surface area (Å²) >= 11 is 7.36. The lowest BCUT2D eigenvalue weighted by molar-refractivity contribution is 0.866. The summed E-state index contributed by atoms with van der Waals surface area (Å²) in [4.78, 5) is 0. The van der Waals surface area contributed by atoms with Gasteiger partial charge in [-0.15, -0.1) is 23.4 Å². The molecule has 0 aromatic heterocycles. The molecule has 1 nitrogen and oxygen atoms in total. The molecule has 1 N–H and O–H groups in total. The summed E-state index contributed by atoms with van der Waals surface area (Å²) in [6.45, 7) is 0.965. The van der Waals surface area contributed by atoms with Crippen molar-refractivity contribution in [2.75, 3.05) is 12.4 Å². The standard InChI is InChI=1S/C3H6ClNS/c4-3-1-5-2-6-3/h3,5H,1-2H2. The summed E-state index contributed by atoms with van der Waals surface area (Å²) < 4.78 is 0.324. The van der Waals surface area contributed by atoms with E-state index >= 15 is 0 Å². The fourth-order valence-corrected chi connectivity index (χ4v) is 1.33. The van der Waals surface area contributed by atoms with Gasteiger partial charge in [-0.05, 0) is 0 Å². The van der Waals surface area contributed by atoms with E-state index in [1.54, 1.807) is 11.8 Å². The number of nitrogens with one attached hydrogen (secondary N) is 1. The first-order chi connectivity index (χ1) is 2.89. The first-order valence-corrected chi connectivity index (χ1v) is 3.34. The number of hydrogen-bond acceptors (Lipinski definition) is 2. The van der Waals surface area contributed by atoms with Crippen molar-refractivity contribution in [1.29, 1.82) is 0 Å². The summed E-state index contributed by atoms with van der Waals surface area (Å²) in [5.74, 6) is 1.02. The lowest BCUT2D eigenvalue weighted by atomic mass is 10.8. The average Bonchev–Trinajstić information content (AvgIpc) is 1.86. The minimum absolute atomic E-state index is 0.324. The molecule has 1 aliphatic heterocycles. The quantitative estimate of drug-likeness (QED) is 0.480. The Morgan fingerprint density at radius 2 is 2.67 bits per heavy atom. The molecular formula is C3H6ClNS. The molecule has 0 amide bonds. The van der Waals surface area contributed by atoms with Crippen molar-refractivity contribution in [3.63, 3.8) is 0 Å². The molecule has 0 aliphatic carbocycles. The van der Waals surface area contributed by atoms with Crippen molar-refractivity contribution in [3.8, 4) is 0 Å². The smallest absolute Gasteiger partial charge is 0.0925 e. The van der Waals surface area contributed by atoms with Gasteiger partial charge in [0.2, 0.25) is 0 Å². The maximum absolute atomic E-state index is 5.61. The Morgan fingerprint density at radius 1 is 1.83 bits per heavy atom. The molecule has 0 saturated carbocycles. The molecule has 0 bridgehead atoms. The molecule has 1 atom stereocenters. The van der Waals surface area contributed by atoms with Crippen LogP contribution in [0.5, 0.6) is 0 Å². The molecule has 36 valence electrons. The largest absolute Gasteiger partial charge is 0.306 e. The summed E-state index contributed by atoms with van der Waals surface area (Å²) in [5, 5.41) is 3.10. The Balaban J connectivity index is 2.18. The van der Waals surface area contributed by atoms with Crippen molar-refractivity contribution in [3.05, 3.63) is 0 Å². The van der Waals surface area contributed by atoms with Gasteiger partial charge in [0.1, 0.15) is 0 Å². The van der Waals surface area contributed by atoms with Gasteiger partial charge in [0.15, 0.2) is 0 Å². The zero-order valence-electron chi connectivity index (χ0n) is 3.28. The topological polar surface area (TPSA) is 12.0 Å². The van der Waals surface area contributed by atoms with Crippen molar-refractivity contribution in [1.82, 2.24) is 5.32 Å². The molecule has 0 aromatic carbocycles. The van der Waals surface area contributed by atoms with Gasteiger partial charge in [0.05, 0.1) is 4.71 Å². The van der Waals surface area contributed by atoms with E-state index < -0.39 is 0 Å². The third-order valence-corrected chi connectivity index (χ3v) is 2.10. The van der Waals surface area contributed by atoms with Gasteiger partial charge in [-0.25, -0.2) is 0 Å². The van der Waals surface area contributed by atoms with E-state index in [4.69, 9.17) is 11.6 Å². The number of rotatable bonds is 0. The Kier molecular flexibility index (Phi) is 1.62. The second kappa shape index (κ2) is 2.05. The van der Waals surface area contributed by atoms with Crippen LogP contribution in [0.3, 0.4) is 0 Å². The highest BCUT2D eigenvalue weighted by molar-refractivity contribution is 8.01. The van der Waals surface area contributed by atoms with Gasteiger partial charge in [-0.1, -0.05) is 0 Å². The number of hydrogen-bond donors (Lipinski definition) is 1. The van der Waals surface area contributed by atoms with Crippen molar-refractivity contribution >= 4 is 23.4 Å². The van der Waals surface area contributed by atoms with Crippen molar-refractivity contribution in [2.24, 2.45) is 0 Å². The molecule has 1 fully saturated rings. The molecule has 0 spiro atoms. The third-order valence-electron chi connectivity index (χ3n) is 0.671. The minimum atomic E-state index is 0.324. The molecule has 0 aromatic rings. The molecule has 1 unspecified atom stereocenters. The van der Waals surface area contributed by atoms with Crippen LogP contribution in [0.25, 0.3) is 0 Å².